The van der Waals surface area contributed by atoms with Gasteiger partial charge in [0, 0.05) is 16.9 Å². The van der Waals surface area contributed by atoms with Crippen LogP contribution in [0.4, 0.5) is 0 Å². The van der Waals surface area contributed by atoms with Gasteiger partial charge in [-0.05, 0) is 64.0 Å². The van der Waals surface area contributed by atoms with Gasteiger partial charge in [-0.15, -0.1) is 0 Å². The smallest absolute Gasteiger partial charge is 0.0595 e. The molecule has 0 spiro atoms. The first kappa shape index (κ1) is 14.7. The molecule has 2 nitrogen and oxygen atoms in total. The SMILES string of the molecule is CCNC(c1cncc(Br)c1)c1ccccc1C1CCC1. The Bertz CT molecular complexity index is 608. The molecule has 21 heavy (non-hydrogen) atoms. The molecule has 1 N–H and O–H groups in total. The molecule has 1 aliphatic rings. The van der Waals surface area contributed by atoms with Gasteiger partial charge in [-0.2, -0.15) is 0 Å². The summed E-state index contributed by atoms with van der Waals surface area (Å²) in [6.45, 7) is 3.10. The molecule has 0 amide bonds. The normalized spacial score (nSPS) is 16.5. The molecule has 3 rings (SSSR count). The minimum Gasteiger partial charge on any atom is -0.306 e. The van der Waals surface area contributed by atoms with Gasteiger partial charge in [0.2, 0.25) is 0 Å². The highest BCUT2D eigenvalue weighted by molar-refractivity contribution is 9.10. The van der Waals surface area contributed by atoms with Crippen LogP contribution in [-0.4, -0.2) is 11.5 Å². The van der Waals surface area contributed by atoms with Crippen molar-refractivity contribution >= 4 is 15.9 Å². The Morgan fingerprint density at radius 2 is 2.10 bits per heavy atom. The molecule has 1 heterocycles. The second-order valence-electron chi connectivity index (χ2n) is 5.68. The van der Waals surface area contributed by atoms with Crippen LogP contribution in [0.15, 0.2) is 47.2 Å². The minimum absolute atomic E-state index is 0.219. The Hall–Kier alpha value is -1.19. The van der Waals surface area contributed by atoms with Crippen LogP contribution < -0.4 is 5.32 Å². The van der Waals surface area contributed by atoms with Crippen LogP contribution in [0.5, 0.6) is 0 Å². The highest BCUT2D eigenvalue weighted by atomic mass is 79.9. The Balaban J connectivity index is 2.01. The predicted octanol–water partition coefficient (Wildman–Crippen LogP) is 4.81. The topological polar surface area (TPSA) is 24.9 Å². The maximum Gasteiger partial charge on any atom is 0.0595 e. The van der Waals surface area contributed by atoms with Gasteiger partial charge in [0.05, 0.1) is 6.04 Å². The minimum atomic E-state index is 0.219. The molecule has 110 valence electrons. The first-order valence-electron chi connectivity index (χ1n) is 7.72. The summed E-state index contributed by atoms with van der Waals surface area (Å²) in [5, 5.41) is 3.63. The molecule has 0 bridgehead atoms. The average molecular weight is 345 g/mol. The van der Waals surface area contributed by atoms with E-state index in [1.54, 1.807) is 0 Å². The van der Waals surface area contributed by atoms with E-state index in [1.165, 1.54) is 36.0 Å². The van der Waals surface area contributed by atoms with Gasteiger partial charge in [0.1, 0.15) is 0 Å². The summed E-state index contributed by atoms with van der Waals surface area (Å²) < 4.78 is 1.03. The first-order chi connectivity index (χ1) is 10.3. The fourth-order valence-corrected chi connectivity index (χ4v) is 3.45. The zero-order valence-corrected chi connectivity index (χ0v) is 13.9. The second-order valence-corrected chi connectivity index (χ2v) is 6.60. The van der Waals surface area contributed by atoms with E-state index in [0.717, 1.165) is 16.9 Å². The number of nitrogens with one attached hydrogen (secondary N) is 1. The number of aromatic nitrogens is 1. The third-order valence-electron chi connectivity index (χ3n) is 4.32. The van der Waals surface area contributed by atoms with Crippen LogP contribution in [0.2, 0.25) is 0 Å². The van der Waals surface area contributed by atoms with Crippen molar-refractivity contribution in [2.45, 2.75) is 38.1 Å². The third-order valence-corrected chi connectivity index (χ3v) is 4.75. The van der Waals surface area contributed by atoms with Crippen molar-refractivity contribution in [2.75, 3.05) is 6.54 Å². The van der Waals surface area contributed by atoms with E-state index >= 15 is 0 Å². The van der Waals surface area contributed by atoms with Crippen molar-refractivity contribution in [3.05, 3.63) is 63.9 Å². The molecule has 1 atom stereocenters. The molecular weight excluding hydrogens is 324 g/mol. The quantitative estimate of drug-likeness (QED) is 0.841. The molecule has 3 heteroatoms. The molecule has 1 aromatic heterocycles. The van der Waals surface area contributed by atoms with E-state index < -0.39 is 0 Å². The predicted molar refractivity (Wildman–Crippen MR) is 90.5 cm³/mol. The van der Waals surface area contributed by atoms with Crippen molar-refractivity contribution in [3.63, 3.8) is 0 Å². The number of halogens is 1. The lowest BCUT2D eigenvalue weighted by molar-refractivity contribution is 0.414. The van der Waals surface area contributed by atoms with Gasteiger partial charge in [-0.25, -0.2) is 0 Å². The standard InChI is InChI=1S/C18H21BrN2/c1-2-21-18(14-10-15(19)12-20-11-14)17-9-4-3-8-16(17)13-6-5-7-13/h3-4,8-13,18,21H,2,5-7H2,1H3. The van der Waals surface area contributed by atoms with Crippen molar-refractivity contribution in [3.8, 4) is 0 Å². The zero-order chi connectivity index (χ0) is 14.7. The maximum atomic E-state index is 4.33. The lowest BCUT2D eigenvalue weighted by Crippen LogP contribution is -2.24. The number of hydrogen-bond acceptors (Lipinski definition) is 2. The fourth-order valence-electron chi connectivity index (χ4n) is 3.06. The third kappa shape index (κ3) is 3.19. The van der Waals surface area contributed by atoms with Crippen molar-refractivity contribution in [2.24, 2.45) is 0 Å². The van der Waals surface area contributed by atoms with E-state index in [0.29, 0.717) is 0 Å². The Morgan fingerprint density at radius 3 is 2.76 bits per heavy atom. The largest absolute Gasteiger partial charge is 0.306 e. The van der Waals surface area contributed by atoms with E-state index in [-0.39, 0.29) is 6.04 Å². The summed E-state index contributed by atoms with van der Waals surface area (Å²) in [5.41, 5.74) is 4.14. The van der Waals surface area contributed by atoms with Gasteiger partial charge in [0.25, 0.3) is 0 Å². The molecule has 0 aliphatic heterocycles. The Labute approximate surface area is 135 Å². The molecule has 1 unspecified atom stereocenters. The summed E-state index contributed by atoms with van der Waals surface area (Å²) in [6, 6.07) is 11.3. The highest BCUT2D eigenvalue weighted by Crippen LogP contribution is 2.40. The van der Waals surface area contributed by atoms with Crippen LogP contribution in [0.25, 0.3) is 0 Å². The first-order valence-corrected chi connectivity index (χ1v) is 8.51. The van der Waals surface area contributed by atoms with Crippen LogP contribution in [0, 0.1) is 0 Å². The number of hydrogen-bond donors (Lipinski definition) is 1. The van der Waals surface area contributed by atoms with Crippen molar-refractivity contribution in [1.29, 1.82) is 0 Å². The molecule has 1 aliphatic carbocycles. The highest BCUT2D eigenvalue weighted by Gasteiger charge is 2.25. The zero-order valence-electron chi connectivity index (χ0n) is 12.3. The van der Waals surface area contributed by atoms with Crippen molar-refractivity contribution < 1.29 is 0 Å². The van der Waals surface area contributed by atoms with Gasteiger partial charge in [0.15, 0.2) is 0 Å². The average Bonchev–Trinajstić information content (AvgIpc) is 2.44. The lowest BCUT2D eigenvalue weighted by atomic mass is 9.76. The summed E-state index contributed by atoms with van der Waals surface area (Å²) in [7, 11) is 0. The van der Waals surface area contributed by atoms with Crippen LogP contribution in [0.1, 0.15) is 54.8 Å². The molecule has 1 saturated carbocycles. The number of nitrogens with zero attached hydrogens (tertiary/aromatic N) is 1. The molecule has 1 aromatic carbocycles. The second kappa shape index (κ2) is 6.71. The molecular formula is C18H21BrN2. The number of rotatable bonds is 5. The van der Waals surface area contributed by atoms with Gasteiger partial charge in [-0.3, -0.25) is 4.98 Å². The maximum absolute atomic E-state index is 4.33. The van der Waals surface area contributed by atoms with Crippen LogP contribution >= 0.6 is 15.9 Å². The Morgan fingerprint density at radius 1 is 1.29 bits per heavy atom. The summed E-state index contributed by atoms with van der Waals surface area (Å²) in [6.07, 6.45) is 7.82. The molecule has 2 aromatic rings. The lowest BCUT2D eigenvalue weighted by Gasteiger charge is -2.31. The number of benzene rings is 1. The number of pyridine rings is 1. The molecule has 1 fully saturated rings. The van der Waals surface area contributed by atoms with E-state index in [9.17, 15) is 0 Å². The van der Waals surface area contributed by atoms with E-state index in [2.05, 4.69) is 63.5 Å². The van der Waals surface area contributed by atoms with Gasteiger partial charge >= 0.3 is 0 Å². The fraction of sp³-hybridized carbons (Fsp3) is 0.389. The van der Waals surface area contributed by atoms with Gasteiger partial charge in [-0.1, -0.05) is 37.6 Å². The van der Waals surface area contributed by atoms with Crippen LogP contribution in [-0.2, 0) is 0 Å². The van der Waals surface area contributed by atoms with E-state index in [4.69, 9.17) is 0 Å². The summed E-state index contributed by atoms with van der Waals surface area (Å²) >= 11 is 3.54. The molecule has 0 saturated heterocycles. The van der Waals surface area contributed by atoms with Crippen LogP contribution in [0.3, 0.4) is 0 Å². The van der Waals surface area contributed by atoms with Crippen molar-refractivity contribution in [1.82, 2.24) is 10.3 Å². The van der Waals surface area contributed by atoms with E-state index in [1.807, 2.05) is 12.4 Å². The monoisotopic (exact) mass is 344 g/mol. The molecule has 0 radical (unpaired) electrons. The summed E-state index contributed by atoms with van der Waals surface area (Å²) in [4.78, 5) is 4.33. The summed E-state index contributed by atoms with van der Waals surface area (Å²) in [5.74, 6) is 0.738. The Kier molecular flexibility index (Phi) is 4.71. The van der Waals surface area contributed by atoms with Gasteiger partial charge < -0.3 is 5.32 Å².